The average molecular weight is 287 g/mol. The normalized spacial score (nSPS) is 23.2. The maximum atomic E-state index is 13.2. The standard InChI is InChI=1S/C12H16BrFN2/c1-7-3-8(7)6-16(2)12-4-9(13)10(14)5-11(12)15/h4-5,7-8H,3,6,15H2,1-2H3. The number of hydrogen-bond acceptors (Lipinski definition) is 2. The largest absolute Gasteiger partial charge is 0.397 e. The number of benzene rings is 1. The molecule has 4 heteroatoms. The van der Waals surface area contributed by atoms with Crippen molar-refractivity contribution in [3.05, 3.63) is 22.4 Å². The summed E-state index contributed by atoms with van der Waals surface area (Å²) in [5.74, 6) is 1.26. The molecule has 2 nitrogen and oxygen atoms in total. The van der Waals surface area contributed by atoms with Gasteiger partial charge in [-0.25, -0.2) is 4.39 Å². The van der Waals surface area contributed by atoms with Crippen LogP contribution in [0.25, 0.3) is 0 Å². The maximum absolute atomic E-state index is 13.2. The van der Waals surface area contributed by atoms with Crippen LogP contribution in [0.15, 0.2) is 16.6 Å². The molecule has 88 valence electrons. The number of nitrogens with zero attached hydrogens (tertiary/aromatic N) is 1. The van der Waals surface area contributed by atoms with Crippen molar-refractivity contribution in [3.63, 3.8) is 0 Å². The number of nitrogen functional groups attached to an aromatic ring is 1. The lowest BCUT2D eigenvalue weighted by Crippen LogP contribution is -2.21. The van der Waals surface area contributed by atoms with Crippen molar-refractivity contribution < 1.29 is 4.39 Å². The first-order valence-corrected chi connectivity index (χ1v) is 6.24. The van der Waals surface area contributed by atoms with Gasteiger partial charge in [0, 0.05) is 19.7 Å². The van der Waals surface area contributed by atoms with Gasteiger partial charge in [-0.15, -0.1) is 0 Å². The monoisotopic (exact) mass is 286 g/mol. The first-order chi connectivity index (χ1) is 7.49. The molecule has 16 heavy (non-hydrogen) atoms. The summed E-state index contributed by atoms with van der Waals surface area (Å²) in [5, 5.41) is 0. The van der Waals surface area contributed by atoms with Crippen LogP contribution in [0.1, 0.15) is 13.3 Å². The molecule has 0 aliphatic heterocycles. The summed E-state index contributed by atoms with van der Waals surface area (Å²) in [4.78, 5) is 2.10. The topological polar surface area (TPSA) is 29.3 Å². The van der Waals surface area contributed by atoms with E-state index >= 15 is 0 Å². The van der Waals surface area contributed by atoms with Gasteiger partial charge in [-0.1, -0.05) is 6.92 Å². The molecule has 1 aromatic carbocycles. The number of anilines is 2. The van der Waals surface area contributed by atoms with E-state index in [0.717, 1.165) is 24.1 Å². The highest BCUT2D eigenvalue weighted by atomic mass is 79.9. The zero-order valence-electron chi connectivity index (χ0n) is 9.50. The van der Waals surface area contributed by atoms with Gasteiger partial charge in [-0.2, -0.15) is 0 Å². The third kappa shape index (κ3) is 2.32. The van der Waals surface area contributed by atoms with E-state index in [1.807, 2.05) is 7.05 Å². The van der Waals surface area contributed by atoms with E-state index in [0.29, 0.717) is 10.2 Å². The number of rotatable bonds is 3. The van der Waals surface area contributed by atoms with Gasteiger partial charge in [0.25, 0.3) is 0 Å². The third-order valence-corrected chi connectivity index (χ3v) is 3.87. The lowest BCUT2D eigenvalue weighted by Gasteiger charge is -2.21. The van der Waals surface area contributed by atoms with Crippen LogP contribution in [-0.4, -0.2) is 13.6 Å². The molecule has 2 atom stereocenters. The van der Waals surface area contributed by atoms with Gasteiger partial charge in [-0.3, -0.25) is 0 Å². The lowest BCUT2D eigenvalue weighted by molar-refractivity contribution is 0.621. The van der Waals surface area contributed by atoms with Gasteiger partial charge in [0.1, 0.15) is 5.82 Å². The molecular weight excluding hydrogens is 271 g/mol. The molecule has 1 saturated carbocycles. The van der Waals surface area contributed by atoms with Crippen molar-refractivity contribution in [2.45, 2.75) is 13.3 Å². The molecule has 1 aliphatic rings. The highest BCUT2D eigenvalue weighted by Gasteiger charge is 2.33. The first kappa shape index (κ1) is 11.7. The van der Waals surface area contributed by atoms with Crippen molar-refractivity contribution in [2.75, 3.05) is 24.2 Å². The van der Waals surface area contributed by atoms with Crippen LogP contribution in [0.2, 0.25) is 0 Å². The van der Waals surface area contributed by atoms with Crippen molar-refractivity contribution in [3.8, 4) is 0 Å². The van der Waals surface area contributed by atoms with Crippen molar-refractivity contribution in [1.29, 1.82) is 0 Å². The number of nitrogens with two attached hydrogens (primary N) is 1. The van der Waals surface area contributed by atoms with Crippen LogP contribution >= 0.6 is 15.9 Å². The second kappa shape index (κ2) is 4.24. The lowest BCUT2D eigenvalue weighted by atomic mass is 10.2. The van der Waals surface area contributed by atoms with E-state index in [-0.39, 0.29) is 5.82 Å². The summed E-state index contributed by atoms with van der Waals surface area (Å²) < 4.78 is 13.7. The molecule has 2 N–H and O–H groups in total. The molecule has 0 aromatic heterocycles. The summed E-state index contributed by atoms with van der Waals surface area (Å²) >= 11 is 3.18. The van der Waals surface area contributed by atoms with Crippen LogP contribution in [0.3, 0.4) is 0 Å². The molecule has 0 radical (unpaired) electrons. The SMILES string of the molecule is CC1CC1CN(C)c1cc(Br)c(F)cc1N. The predicted octanol–water partition coefficient (Wildman–Crippen LogP) is 3.26. The van der Waals surface area contributed by atoms with Crippen LogP contribution in [0.4, 0.5) is 15.8 Å². The molecule has 1 fully saturated rings. The van der Waals surface area contributed by atoms with E-state index in [1.54, 1.807) is 6.07 Å². The Bertz CT molecular complexity index is 408. The Labute approximate surface area is 104 Å². The smallest absolute Gasteiger partial charge is 0.139 e. The molecule has 0 saturated heterocycles. The van der Waals surface area contributed by atoms with Crippen molar-refractivity contribution in [2.24, 2.45) is 11.8 Å². The Morgan fingerprint density at radius 2 is 2.19 bits per heavy atom. The quantitative estimate of drug-likeness (QED) is 0.865. The third-order valence-electron chi connectivity index (χ3n) is 3.27. The fourth-order valence-corrected chi connectivity index (χ4v) is 2.32. The molecule has 0 bridgehead atoms. The minimum absolute atomic E-state index is 0.311. The van der Waals surface area contributed by atoms with Gasteiger partial charge in [0.2, 0.25) is 0 Å². The second-order valence-corrected chi connectivity index (χ2v) is 5.53. The van der Waals surface area contributed by atoms with Crippen LogP contribution in [0.5, 0.6) is 0 Å². The average Bonchev–Trinajstić information content (AvgIpc) is 2.87. The Morgan fingerprint density at radius 1 is 1.56 bits per heavy atom. The van der Waals surface area contributed by atoms with Gasteiger partial charge in [0.05, 0.1) is 15.8 Å². The molecule has 0 heterocycles. The Morgan fingerprint density at radius 3 is 2.75 bits per heavy atom. The summed E-state index contributed by atoms with van der Waals surface area (Å²) in [6, 6.07) is 3.12. The minimum Gasteiger partial charge on any atom is -0.397 e. The highest BCUT2D eigenvalue weighted by molar-refractivity contribution is 9.10. The van der Waals surface area contributed by atoms with Crippen LogP contribution in [0, 0.1) is 17.7 Å². The Balaban J connectivity index is 2.15. The van der Waals surface area contributed by atoms with E-state index < -0.39 is 0 Å². The van der Waals surface area contributed by atoms with Crippen LogP contribution < -0.4 is 10.6 Å². The molecule has 1 aliphatic carbocycles. The Hall–Kier alpha value is -0.770. The summed E-state index contributed by atoms with van der Waals surface area (Å²) in [7, 11) is 2.00. The fourth-order valence-electron chi connectivity index (χ4n) is 1.99. The summed E-state index contributed by atoms with van der Waals surface area (Å²) in [6.07, 6.45) is 1.28. The molecule has 2 rings (SSSR count). The maximum Gasteiger partial charge on any atom is 0.139 e. The summed E-state index contributed by atoms with van der Waals surface area (Å²) in [5.41, 5.74) is 7.21. The van der Waals surface area contributed by atoms with Gasteiger partial charge >= 0.3 is 0 Å². The first-order valence-electron chi connectivity index (χ1n) is 5.44. The zero-order valence-corrected chi connectivity index (χ0v) is 11.1. The van der Waals surface area contributed by atoms with E-state index in [2.05, 4.69) is 27.8 Å². The minimum atomic E-state index is -0.311. The predicted molar refractivity (Wildman–Crippen MR) is 69.1 cm³/mol. The van der Waals surface area contributed by atoms with Crippen molar-refractivity contribution in [1.82, 2.24) is 0 Å². The number of hydrogen-bond donors (Lipinski definition) is 1. The fraction of sp³-hybridized carbons (Fsp3) is 0.500. The van der Waals surface area contributed by atoms with E-state index in [1.165, 1.54) is 12.5 Å². The highest BCUT2D eigenvalue weighted by Crippen LogP contribution is 2.39. The molecule has 1 aromatic rings. The van der Waals surface area contributed by atoms with Gasteiger partial charge < -0.3 is 10.6 Å². The summed E-state index contributed by atoms with van der Waals surface area (Å²) in [6.45, 7) is 3.24. The van der Waals surface area contributed by atoms with Crippen molar-refractivity contribution >= 4 is 27.3 Å². The molecular formula is C12H16BrFN2. The number of halogens is 2. The van der Waals surface area contributed by atoms with E-state index in [4.69, 9.17) is 5.73 Å². The Kier molecular flexibility index (Phi) is 3.10. The molecule has 2 unspecified atom stereocenters. The van der Waals surface area contributed by atoms with Crippen LogP contribution in [-0.2, 0) is 0 Å². The second-order valence-electron chi connectivity index (χ2n) is 4.68. The van der Waals surface area contributed by atoms with Gasteiger partial charge in [-0.05, 0) is 40.3 Å². The van der Waals surface area contributed by atoms with E-state index in [9.17, 15) is 4.39 Å². The molecule has 0 spiro atoms. The zero-order chi connectivity index (χ0) is 11.9. The van der Waals surface area contributed by atoms with Gasteiger partial charge in [0.15, 0.2) is 0 Å². The molecule has 0 amide bonds.